The molecule has 1 aromatic heterocycles. The molecule has 15 heavy (non-hydrogen) atoms. The summed E-state index contributed by atoms with van der Waals surface area (Å²) >= 11 is 0. The van der Waals surface area contributed by atoms with E-state index in [-0.39, 0.29) is 6.54 Å². The van der Waals surface area contributed by atoms with Gasteiger partial charge in [0.25, 0.3) is 0 Å². The summed E-state index contributed by atoms with van der Waals surface area (Å²) in [6.07, 6.45) is 1.48. The highest BCUT2D eigenvalue weighted by Crippen LogP contribution is 2.11. The summed E-state index contributed by atoms with van der Waals surface area (Å²) in [6.45, 7) is 1.50. The van der Waals surface area contributed by atoms with E-state index in [2.05, 4.69) is 0 Å². The van der Waals surface area contributed by atoms with Crippen LogP contribution in [0, 0.1) is 11.3 Å². The zero-order valence-corrected chi connectivity index (χ0v) is 9.36. The third-order valence-electron chi connectivity index (χ3n) is 2.02. The van der Waals surface area contributed by atoms with Crippen LogP contribution < -0.4 is 0 Å². The van der Waals surface area contributed by atoms with Gasteiger partial charge in [0, 0.05) is 7.05 Å². The van der Waals surface area contributed by atoms with Crippen molar-refractivity contribution in [3.05, 3.63) is 24.2 Å². The summed E-state index contributed by atoms with van der Waals surface area (Å²) < 4.78 is 29.4. The predicted octanol–water partition coefficient (Wildman–Crippen LogP) is 0.953. The van der Waals surface area contributed by atoms with Crippen LogP contribution in [0.2, 0.25) is 0 Å². The van der Waals surface area contributed by atoms with Gasteiger partial charge in [-0.1, -0.05) is 0 Å². The molecule has 0 bridgehead atoms. The summed E-state index contributed by atoms with van der Waals surface area (Å²) in [4.78, 5) is 0. The van der Waals surface area contributed by atoms with Crippen LogP contribution in [-0.2, 0) is 16.6 Å². The molecule has 0 amide bonds. The summed E-state index contributed by atoms with van der Waals surface area (Å²) in [5, 5.41) is 7.52. The van der Waals surface area contributed by atoms with Crippen molar-refractivity contribution in [2.75, 3.05) is 7.05 Å². The normalized spacial score (nSPS) is 13.7. The van der Waals surface area contributed by atoms with Gasteiger partial charge in [-0.3, -0.25) is 0 Å². The Morgan fingerprint density at radius 3 is 2.80 bits per heavy atom. The third-order valence-corrected chi connectivity index (χ3v) is 4.02. The van der Waals surface area contributed by atoms with Crippen LogP contribution in [0.3, 0.4) is 0 Å². The van der Waals surface area contributed by atoms with Gasteiger partial charge >= 0.3 is 0 Å². The van der Waals surface area contributed by atoms with Gasteiger partial charge in [-0.15, -0.1) is 0 Å². The van der Waals surface area contributed by atoms with E-state index in [1.165, 1.54) is 20.2 Å². The molecule has 0 aliphatic rings. The molecule has 0 aliphatic heterocycles. The maximum Gasteiger partial charge on any atom is 0.230 e. The molecule has 0 spiro atoms. The van der Waals surface area contributed by atoms with Crippen molar-refractivity contribution >= 4 is 10.0 Å². The molecule has 1 heterocycles. The van der Waals surface area contributed by atoms with Crippen molar-refractivity contribution in [1.82, 2.24) is 4.31 Å². The lowest BCUT2D eigenvalue weighted by Gasteiger charge is -2.16. The molecule has 1 aromatic rings. The Morgan fingerprint density at radius 1 is 1.67 bits per heavy atom. The standard InChI is InChI=1S/C9H12N2O3S/c1-8(6-10)15(12,13)11(2)7-9-4-3-5-14-9/h3-5,8H,7H2,1-2H3. The molecular formula is C9H12N2O3S. The second kappa shape index (κ2) is 4.47. The van der Waals surface area contributed by atoms with E-state index in [1.54, 1.807) is 18.2 Å². The van der Waals surface area contributed by atoms with E-state index < -0.39 is 15.3 Å². The maximum atomic E-state index is 11.6. The van der Waals surface area contributed by atoms with Gasteiger partial charge in [0.15, 0.2) is 5.25 Å². The topological polar surface area (TPSA) is 74.3 Å². The molecule has 5 nitrogen and oxygen atoms in total. The Hall–Kier alpha value is -1.32. The maximum absolute atomic E-state index is 11.6. The number of furan rings is 1. The molecule has 0 aliphatic carbocycles. The zero-order valence-electron chi connectivity index (χ0n) is 8.54. The number of nitriles is 1. The highest BCUT2D eigenvalue weighted by atomic mass is 32.2. The van der Waals surface area contributed by atoms with Gasteiger partial charge < -0.3 is 4.42 Å². The molecule has 0 fully saturated rings. The average molecular weight is 228 g/mol. The number of sulfonamides is 1. The van der Waals surface area contributed by atoms with Gasteiger partial charge in [0.1, 0.15) is 5.76 Å². The van der Waals surface area contributed by atoms with Crippen LogP contribution in [0.4, 0.5) is 0 Å². The second-order valence-corrected chi connectivity index (χ2v) is 5.51. The van der Waals surface area contributed by atoms with Gasteiger partial charge in [0.05, 0.1) is 18.9 Å². The largest absolute Gasteiger partial charge is 0.468 e. The van der Waals surface area contributed by atoms with Crippen LogP contribution in [0.1, 0.15) is 12.7 Å². The minimum absolute atomic E-state index is 0.140. The molecule has 82 valence electrons. The van der Waals surface area contributed by atoms with Gasteiger partial charge in [0.2, 0.25) is 10.0 Å². The molecule has 0 saturated carbocycles. The van der Waals surface area contributed by atoms with E-state index in [4.69, 9.17) is 9.68 Å². The smallest absolute Gasteiger partial charge is 0.230 e. The number of rotatable bonds is 4. The van der Waals surface area contributed by atoms with Gasteiger partial charge in [-0.2, -0.15) is 9.57 Å². The first-order valence-electron chi connectivity index (χ1n) is 4.35. The first kappa shape index (κ1) is 11.8. The monoisotopic (exact) mass is 228 g/mol. The molecule has 0 saturated heterocycles. The zero-order chi connectivity index (χ0) is 11.5. The highest BCUT2D eigenvalue weighted by Gasteiger charge is 2.26. The summed E-state index contributed by atoms with van der Waals surface area (Å²) in [7, 11) is -2.13. The van der Waals surface area contributed by atoms with Crippen molar-refractivity contribution in [3.8, 4) is 6.07 Å². The van der Waals surface area contributed by atoms with Crippen LogP contribution in [-0.4, -0.2) is 25.0 Å². The van der Waals surface area contributed by atoms with Crippen LogP contribution in [0.15, 0.2) is 22.8 Å². The Labute approximate surface area is 89.0 Å². The number of nitrogens with zero attached hydrogens (tertiary/aromatic N) is 2. The minimum atomic E-state index is -3.55. The first-order valence-corrected chi connectivity index (χ1v) is 5.86. The lowest BCUT2D eigenvalue weighted by Crippen LogP contribution is -2.33. The predicted molar refractivity (Wildman–Crippen MR) is 54.2 cm³/mol. The van der Waals surface area contributed by atoms with Crippen LogP contribution in [0.5, 0.6) is 0 Å². The summed E-state index contributed by atoms with van der Waals surface area (Å²) in [5.74, 6) is 0.547. The lowest BCUT2D eigenvalue weighted by atomic mass is 10.4. The highest BCUT2D eigenvalue weighted by molar-refractivity contribution is 7.89. The van der Waals surface area contributed by atoms with Crippen molar-refractivity contribution < 1.29 is 12.8 Å². The molecule has 6 heteroatoms. The van der Waals surface area contributed by atoms with Gasteiger partial charge in [-0.25, -0.2) is 8.42 Å². The summed E-state index contributed by atoms with van der Waals surface area (Å²) in [5.41, 5.74) is 0. The van der Waals surface area contributed by atoms with Crippen LogP contribution in [0.25, 0.3) is 0 Å². The third kappa shape index (κ3) is 2.58. The summed E-state index contributed by atoms with van der Waals surface area (Å²) in [6, 6.07) is 5.07. The number of hydrogen-bond donors (Lipinski definition) is 0. The van der Waals surface area contributed by atoms with Crippen molar-refractivity contribution in [2.45, 2.75) is 18.7 Å². The molecule has 1 atom stereocenters. The Bertz CT molecular complexity index is 444. The lowest BCUT2D eigenvalue weighted by molar-refractivity contribution is 0.404. The Balaban J connectivity index is 2.78. The molecule has 0 radical (unpaired) electrons. The molecule has 1 unspecified atom stereocenters. The fraction of sp³-hybridized carbons (Fsp3) is 0.444. The van der Waals surface area contributed by atoms with E-state index in [0.29, 0.717) is 5.76 Å². The average Bonchev–Trinajstić information content (AvgIpc) is 2.68. The quantitative estimate of drug-likeness (QED) is 0.769. The Morgan fingerprint density at radius 2 is 2.33 bits per heavy atom. The molecular weight excluding hydrogens is 216 g/mol. The van der Waals surface area contributed by atoms with E-state index in [1.807, 2.05) is 0 Å². The fourth-order valence-corrected chi connectivity index (χ4v) is 2.03. The Kier molecular flexibility index (Phi) is 3.50. The molecule has 0 N–H and O–H groups in total. The first-order chi connectivity index (χ1) is 6.98. The minimum Gasteiger partial charge on any atom is -0.468 e. The van der Waals surface area contributed by atoms with E-state index >= 15 is 0 Å². The van der Waals surface area contributed by atoms with E-state index in [9.17, 15) is 8.42 Å². The number of hydrogen-bond acceptors (Lipinski definition) is 4. The van der Waals surface area contributed by atoms with Gasteiger partial charge in [-0.05, 0) is 19.1 Å². The van der Waals surface area contributed by atoms with Crippen molar-refractivity contribution in [2.24, 2.45) is 0 Å². The van der Waals surface area contributed by atoms with Crippen LogP contribution >= 0.6 is 0 Å². The second-order valence-electron chi connectivity index (χ2n) is 3.15. The van der Waals surface area contributed by atoms with Crippen molar-refractivity contribution in [3.63, 3.8) is 0 Å². The molecule has 0 aromatic carbocycles. The fourth-order valence-electron chi connectivity index (χ4n) is 1.05. The molecule has 1 rings (SSSR count). The SMILES string of the molecule is CC(C#N)S(=O)(=O)N(C)Cc1ccco1. The van der Waals surface area contributed by atoms with Crippen molar-refractivity contribution in [1.29, 1.82) is 5.26 Å². The van der Waals surface area contributed by atoms with E-state index in [0.717, 1.165) is 4.31 Å².